The molecule has 0 aliphatic rings. The van der Waals surface area contributed by atoms with E-state index in [1.807, 2.05) is 30.3 Å². The molecule has 0 unspecified atom stereocenters. The van der Waals surface area contributed by atoms with Gasteiger partial charge in [0.05, 0.1) is 12.0 Å². The average Bonchev–Trinajstić information content (AvgIpc) is 3.08. The Kier molecular flexibility index (Phi) is 4.46. The van der Waals surface area contributed by atoms with Crippen molar-refractivity contribution in [3.8, 4) is 11.3 Å². The molecule has 0 aliphatic carbocycles. The Labute approximate surface area is 132 Å². The molecular formula is C17H15FN2OS. The number of hydrogen-bond donors (Lipinski definition) is 2. The summed E-state index contributed by atoms with van der Waals surface area (Å²) in [5.74, 6) is 0.538. The maximum atomic E-state index is 12.9. The molecule has 3 aromatic rings. The van der Waals surface area contributed by atoms with Crippen molar-refractivity contribution in [2.24, 2.45) is 5.73 Å². The number of hydrogen-bond acceptors (Lipinski definition) is 4. The van der Waals surface area contributed by atoms with E-state index in [1.54, 1.807) is 18.4 Å². The molecule has 0 aliphatic heterocycles. The predicted octanol–water partition coefficient (Wildman–Crippen LogP) is 4.66. The zero-order valence-corrected chi connectivity index (χ0v) is 12.6. The molecule has 0 fully saturated rings. The number of anilines is 1. The van der Waals surface area contributed by atoms with E-state index in [-0.39, 0.29) is 5.82 Å². The molecule has 0 saturated heterocycles. The van der Waals surface area contributed by atoms with Gasteiger partial charge in [-0.3, -0.25) is 0 Å². The van der Waals surface area contributed by atoms with Crippen LogP contribution in [0, 0.1) is 5.82 Å². The van der Waals surface area contributed by atoms with E-state index >= 15 is 0 Å². The summed E-state index contributed by atoms with van der Waals surface area (Å²) in [6.07, 6.45) is 1.64. The maximum absolute atomic E-state index is 12.9. The van der Waals surface area contributed by atoms with Crippen molar-refractivity contribution in [2.75, 3.05) is 4.72 Å². The molecule has 1 aromatic heterocycles. The minimum atomic E-state index is -0.245. The quantitative estimate of drug-likeness (QED) is 0.672. The molecule has 112 valence electrons. The minimum absolute atomic E-state index is 0.245. The van der Waals surface area contributed by atoms with Gasteiger partial charge in [0.1, 0.15) is 11.6 Å². The Morgan fingerprint density at radius 3 is 2.59 bits per heavy atom. The normalized spacial score (nSPS) is 10.6. The van der Waals surface area contributed by atoms with Crippen molar-refractivity contribution in [3.05, 3.63) is 72.2 Å². The summed E-state index contributed by atoms with van der Waals surface area (Å²) in [5, 5.41) is 0. The molecule has 0 amide bonds. The first-order valence-corrected chi connectivity index (χ1v) is 7.63. The van der Waals surface area contributed by atoms with Crippen LogP contribution in [0.3, 0.4) is 0 Å². The predicted molar refractivity (Wildman–Crippen MR) is 87.9 cm³/mol. The minimum Gasteiger partial charge on any atom is -0.464 e. The lowest BCUT2D eigenvalue weighted by molar-refractivity contribution is 0.582. The summed E-state index contributed by atoms with van der Waals surface area (Å²) in [7, 11) is 0. The van der Waals surface area contributed by atoms with Gasteiger partial charge in [-0.2, -0.15) is 0 Å². The molecule has 0 radical (unpaired) electrons. The third-order valence-corrected chi connectivity index (χ3v) is 4.03. The van der Waals surface area contributed by atoms with Gasteiger partial charge >= 0.3 is 0 Å². The van der Waals surface area contributed by atoms with Crippen molar-refractivity contribution in [3.63, 3.8) is 0 Å². The smallest absolute Gasteiger partial charge is 0.135 e. The van der Waals surface area contributed by atoms with E-state index < -0.39 is 0 Å². The van der Waals surface area contributed by atoms with Gasteiger partial charge in [-0.1, -0.05) is 6.07 Å². The van der Waals surface area contributed by atoms with Crippen molar-refractivity contribution in [2.45, 2.75) is 11.4 Å². The number of halogens is 1. The SMILES string of the molecule is NCc1ccc(-c2ccco2)c(NSc2ccc(F)cc2)c1. The largest absolute Gasteiger partial charge is 0.464 e. The number of benzene rings is 2. The van der Waals surface area contributed by atoms with Gasteiger partial charge in [0.15, 0.2) is 0 Å². The molecule has 22 heavy (non-hydrogen) atoms. The topological polar surface area (TPSA) is 51.2 Å². The van der Waals surface area contributed by atoms with Crippen molar-refractivity contribution in [1.29, 1.82) is 0 Å². The molecular weight excluding hydrogens is 299 g/mol. The van der Waals surface area contributed by atoms with Gasteiger partial charge in [0.2, 0.25) is 0 Å². The molecule has 5 heteroatoms. The van der Waals surface area contributed by atoms with Crippen LogP contribution < -0.4 is 10.5 Å². The van der Waals surface area contributed by atoms with Crippen LogP contribution in [0.15, 0.2) is 70.2 Å². The lowest BCUT2D eigenvalue weighted by atomic mass is 10.1. The summed E-state index contributed by atoms with van der Waals surface area (Å²) < 4.78 is 21.7. The highest BCUT2D eigenvalue weighted by atomic mass is 32.2. The molecule has 3 nitrogen and oxygen atoms in total. The van der Waals surface area contributed by atoms with Crippen molar-refractivity contribution in [1.82, 2.24) is 0 Å². The van der Waals surface area contributed by atoms with Crippen LogP contribution >= 0.6 is 11.9 Å². The van der Waals surface area contributed by atoms with Crippen molar-refractivity contribution < 1.29 is 8.81 Å². The Hall–Kier alpha value is -2.24. The number of rotatable bonds is 5. The van der Waals surface area contributed by atoms with Crippen LogP contribution in [-0.2, 0) is 6.54 Å². The molecule has 2 aromatic carbocycles. The highest BCUT2D eigenvalue weighted by molar-refractivity contribution is 8.00. The Morgan fingerprint density at radius 2 is 1.91 bits per heavy atom. The van der Waals surface area contributed by atoms with E-state index in [0.29, 0.717) is 6.54 Å². The summed E-state index contributed by atoms with van der Waals surface area (Å²) >= 11 is 1.41. The van der Waals surface area contributed by atoms with E-state index in [4.69, 9.17) is 10.2 Å². The fourth-order valence-corrected chi connectivity index (χ4v) is 2.73. The van der Waals surface area contributed by atoms with E-state index in [1.165, 1.54) is 24.1 Å². The third kappa shape index (κ3) is 3.32. The van der Waals surface area contributed by atoms with E-state index in [0.717, 1.165) is 27.5 Å². The molecule has 3 N–H and O–H groups in total. The van der Waals surface area contributed by atoms with Crippen LogP contribution in [0.5, 0.6) is 0 Å². The van der Waals surface area contributed by atoms with Gasteiger partial charge in [-0.25, -0.2) is 4.39 Å². The van der Waals surface area contributed by atoms with Gasteiger partial charge in [0, 0.05) is 17.0 Å². The Balaban J connectivity index is 1.86. The van der Waals surface area contributed by atoms with Gasteiger partial charge < -0.3 is 14.9 Å². The molecule has 0 bridgehead atoms. The maximum Gasteiger partial charge on any atom is 0.135 e. The Morgan fingerprint density at radius 1 is 1.09 bits per heavy atom. The van der Waals surface area contributed by atoms with Crippen LogP contribution in [0.1, 0.15) is 5.56 Å². The first kappa shape index (κ1) is 14.7. The number of furan rings is 1. The average molecular weight is 314 g/mol. The lowest BCUT2D eigenvalue weighted by Gasteiger charge is -2.11. The molecule has 0 spiro atoms. The first-order valence-electron chi connectivity index (χ1n) is 6.81. The zero-order valence-electron chi connectivity index (χ0n) is 11.8. The highest BCUT2D eigenvalue weighted by Crippen LogP contribution is 2.32. The Bertz CT molecular complexity index is 742. The molecule has 0 atom stereocenters. The van der Waals surface area contributed by atoms with Crippen molar-refractivity contribution >= 4 is 17.6 Å². The van der Waals surface area contributed by atoms with Crippen LogP contribution in [-0.4, -0.2) is 0 Å². The van der Waals surface area contributed by atoms with Gasteiger partial charge in [-0.15, -0.1) is 0 Å². The summed E-state index contributed by atoms with van der Waals surface area (Å²) in [4.78, 5) is 0.921. The summed E-state index contributed by atoms with van der Waals surface area (Å²) in [6, 6.07) is 16.0. The summed E-state index contributed by atoms with van der Waals surface area (Å²) in [5.41, 5.74) is 8.60. The standard InChI is InChI=1S/C17H15FN2OS/c18-13-4-6-14(7-5-13)22-20-16-10-12(11-19)3-8-15(16)17-2-1-9-21-17/h1-10,20H,11,19H2. The third-order valence-electron chi connectivity index (χ3n) is 3.20. The molecule has 0 saturated carbocycles. The van der Waals surface area contributed by atoms with Gasteiger partial charge in [-0.05, 0) is 66.0 Å². The van der Waals surface area contributed by atoms with Crippen LogP contribution in [0.25, 0.3) is 11.3 Å². The fourth-order valence-electron chi connectivity index (χ4n) is 2.07. The summed E-state index contributed by atoms with van der Waals surface area (Å²) in [6.45, 7) is 0.467. The second-order valence-corrected chi connectivity index (χ2v) is 5.60. The lowest BCUT2D eigenvalue weighted by Crippen LogP contribution is -1.98. The highest BCUT2D eigenvalue weighted by Gasteiger charge is 2.09. The number of nitrogens with one attached hydrogen (secondary N) is 1. The van der Waals surface area contributed by atoms with Crippen LogP contribution in [0.4, 0.5) is 10.1 Å². The second kappa shape index (κ2) is 6.68. The monoisotopic (exact) mass is 314 g/mol. The molecule has 3 rings (SSSR count). The second-order valence-electron chi connectivity index (χ2n) is 4.72. The fraction of sp³-hybridized carbons (Fsp3) is 0.0588. The van der Waals surface area contributed by atoms with Crippen LogP contribution in [0.2, 0.25) is 0 Å². The zero-order chi connectivity index (χ0) is 15.4. The molecule has 1 heterocycles. The number of nitrogens with two attached hydrogens (primary N) is 1. The van der Waals surface area contributed by atoms with E-state index in [2.05, 4.69) is 4.72 Å². The van der Waals surface area contributed by atoms with E-state index in [9.17, 15) is 4.39 Å². The van der Waals surface area contributed by atoms with Gasteiger partial charge in [0.25, 0.3) is 0 Å². The first-order chi connectivity index (χ1) is 10.8.